The van der Waals surface area contributed by atoms with Gasteiger partial charge in [-0.2, -0.15) is 0 Å². The Labute approximate surface area is 179 Å². The van der Waals surface area contributed by atoms with Crippen LogP contribution in [0.1, 0.15) is 22.8 Å². The first-order chi connectivity index (χ1) is 13.9. The van der Waals surface area contributed by atoms with Gasteiger partial charge < -0.3 is 10.6 Å². The molecule has 2 N–H and O–H groups in total. The highest BCUT2D eigenvalue weighted by Crippen LogP contribution is 2.26. The lowest BCUT2D eigenvalue weighted by Gasteiger charge is -2.13. The number of carbonyl (C=O) groups excluding carboxylic acids is 2. The second kappa shape index (κ2) is 9.63. The average Bonchev–Trinajstić information content (AvgIpc) is 2.71. The molecule has 29 heavy (non-hydrogen) atoms. The number of hydrogen-bond acceptors (Lipinski definition) is 3. The molecule has 0 aliphatic heterocycles. The number of amides is 2. The number of anilines is 2. The zero-order valence-electron chi connectivity index (χ0n) is 16.1. The van der Waals surface area contributed by atoms with Crippen LogP contribution in [0.15, 0.2) is 77.7 Å². The molecule has 1 atom stereocenters. The highest BCUT2D eigenvalue weighted by Gasteiger charge is 2.15. The molecule has 0 aliphatic rings. The van der Waals surface area contributed by atoms with Crippen molar-refractivity contribution in [2.24, 2.45) is 0 Å². The number of halogens is 1. The van der Waals surface area contributed by atoms with Crippen LogP contribution in [0.4, 0.5) is 11.4 Å². The van der Waals surface area contributed by atoms with Gasteiger partial charge in [-0.25, -0.2) is 0 Å². The van der Waals surface area contributed by atoms with Crippen LogP contribution in [-0.2, 0) is 4.79 Å². The van der Waals surface area contributed by atoms with E-state index < -0.39 is 0 Å². The van der Waals surface area contributed by atoms with E-state index in [2.05, 4.69) is 10.6 Å². The van der Waals surface area contributed by atoms with E-state index in [0.29, 0.717) is 22.0 Å². The Morgan fingerprint density at radius 3 is 2.17 bits per heavy atom. The summed E-state index contributed by atoms with van der Waals surface area (Å²) in [5.41, 5.74) is 3.08. The number of thioether (sulfide) groups is 1. The molecule has 3 aromatic rings. The SMILES string of the molecule is Cc1cccc(C(=O)Nc2ccc(SC(C)C(=O)Nc3ccc(Cl)cc3)cc2)c1. The van der Waals surface area contributed by atoms with Gasteiger partial charge in [-0.15, -0.1) is 11.8 Å². The van der Waals surface area contributed by atoms with E-state index in [1.807, 2.05) is 56.3 Å². The predicted molar refractivity (Wildman–Crippen MR) is 121 cm³/mol. The van der Waals surface area contributed by atoms with Gasteiger partial charge in [-0.1, -0.05) is 29.3 Å². The molecule has 6 heteroatoms. The maximum absolute atomic E-state index is 12.4. The monoisotopic (exact) mass is 424 g/mol. The number of aryl methyl sites for hydroxylation is 1. The van der Waals surface area contributed by atoms with Crippen LogP contribution < -0.4 is 10.6 Å². The molecule has 3 rings (SSSR count). The Morgan fingerprint density at radius 1 is 0.897 bits per heavy atom. The lowest BCUT2D eigenvalue weighted by molar-refractivity contribution is -0.115. The molecule has 4 nitrogen and oxygen atoms in total. The summed E-state index contributed by atoms with van der Waals surface area (Å²) >= 11 is 7.31. The van der Waals surface area contributed by atoms with E-state index in [1.165, 1.54) is 11.8 Å². The fourth-order valence-electron chi connectivity index (χ4n) is 2.64. The van der Waals surface area contributed by atoms with Gasteiger partial charge in [0.25, 0.3) is 5.91 Å². The van der Waals surface area contributed by atoms with Gasteiger partial charge in [0.2, 0.25) is 5.91 Å². The first-order valence-corrected chi connectivity index (χ1v) is 10.4. The summed E-state index contributed by atoms with van der Waals surface area (Å²) in [6.07, 6.45) is 0. The lowest BCUT2D eigenvalue weighted by Crippen LogP contribution is -2.22. The third-order valence-electron chi connectivity index (χ3n) is 4.19. The first kappa shape index (κ1) is 21.0. The van der Waals surface area contributed by atoms with Crippen LogP contribution >= 0.6 is 23.4 Å². The zero-order chi connectivity index (χ0) is 20.8. The number of benzene rings is 3. The van der Waals surface area contributed by atoms with Gasteiger partial charge in [0.05, 0.1) is 5.25 Å². The molecule has 0 spiro atoms. The molecule has 0 aromatic heterocycles. The van der Waals surface area contributed by atoms with E-state index >= 15 is 0 Å². The summed E-state index contributed by atoms with van der Waals surface area (Å²) in [6, 6.07) is 21.9. The van der Waals surface area contributed by atoms with Crippen molar-refractivity contribution in [3.63, 3.8) is 0 Å². The Hall–Kier alpha value is -2.76. The van der Waals surface area contributed by atoms with Gasteiger partial charge >= 0.3 is 0 Å². The van der Waals surface area contributed by atoms with Crippen molar-refractivity contribution >= 4 is 46.6 Å². The third kappa shape index (κ3) is 6.11. The molecule has 3 aromatic carbocycles. The fraction of sp³-hybridized carbons (Fsp3) is 0.130. The van der Waals surface area contributed by atoms with E-state index in [0.717, 1.165) is 10.5 Å². The second-order valence-electron chi connectivity index (χ2n) is 6.60. The minimum atomic E-state index is -0.279. The minimum Gasteiger partial charge on any atom is -0.325 e. The van der Waals surface area contributed by atoms with Gasteiger partial charge in [0, 0.05) is 26.9 Å². The van der Waals surface area contributed by atoms with Crippen molar-refractivity contribution in [3.8, 4) is 0 Å². The Bertz CT molecular complexity index is 1000. The number of hydrogen-bond donors (Lipinski definition) is 2. The van der Waals surface area contributed by atoms with Gasteiger partial charge in [0.1, 0.15) is 0 Å². The molecule has 0 bridgehead atoms. The number of nitrogens with one attached hydrogen (secondary N) is 2. The molecule has 148 valence electrons. The summed E-state index contributed by atoms with van der Waals surface area (Å²) < 4.78 is 0. The van der Waals surface area contributed by atoms with Crippen molar-refractivity contribution < 1.29 is 9.59 Å². The van der Waals surface area contributed by atoms with Crippen molar-refractivity contribution in [3.05, 3.63) is 88.9 Å². The maximum Gasteiger partial charge on any atom is 0.255 e. The predicted octanol–water partition coefficient (Wildman–Crippen LogP) is 6.02. The van der Waals surface area contributed by atoms with Crippen molar-refractivity contribution in [1.82, 2.24) is 0 Å². The number of carbonyl (C=O) groups is 2. The fourth-order valence-corrected chi connectivity index (χ4v) is 3.63. The Morgan fingerprint density at radius 2 is 1.52 bits per heavy atom. The van der Waals surface area contributed by atoms with Crippen LogP contribution in [0.2, 0.25) is 5.02 Å². The summed E-state index contributed by atoms with van der Waals surface area (Å²) in [5, 5.41) is 6.11. The summed E-state index contributed by atoms with van der Waals surface area (Å²) in [6.45, 7) is 3.80. The second-order valence-corrected chi connectivity index (χ2v) is 8.45. The van der Waals surface area contributed by atoms with Crippen LogP contribution in [0.3, 0.4) is 0 Å². The van der Waals surface area contributed by atoms with Gasteiger partial charge in [-0.3, -0.25) is 9.59 Å². The average molecular weight is 425 g/mol. The van der Waals surface area contributed by atoms with Crippen molar-refractivity contribution in [2.45, 2.75) is 24.0 Å². The molecular formula is C23H21ClN2O2S. The zero-order valence-corrected chi connectivity index (χ0v) is 17.7. The molecule has 0 heterocycles. The van der Waals surface area contributed by atoms with Crippen LogP contribution in [0.5, 0.6) is 0 Å². The van der Waals surface area contributed by atoms with Crippen molar-refractivity contribution in [2.75, 3.05) is 10.6 Å². The topological polar surface area (TPSA) is 58.2 Å². The molecule has 0 saturated carbocycles. The van der Waals surface area contributed by atoms with Crippen LogP contribution in [0, 0.1) is 6.92 Å². The highest BCUT2D eigenvalue weighted by atomic mass is 35.5. The normalized spacial score (nSPS) is 11.6. The maximum atomic E-state index is 12.4. The Balaban J connectivity index is 1.56. The lowest BCUT2D eigenvalue weighted by atomic mass is 10.1. The summed E-state index contributed by atoms with van der Waals surface area (Å²) in [4.78, 5) is 25.7. The summed E-state index contributed by atoms with van der Waals surface area (Å²) in [5.74, 6) is -0.237. The van der Waals surface area contributed by atoms with Gasteiger partial charge in [0.15, 0.2) is 0 Å². The first-order valence-electron chi connectivity index (χ1n) is 9.12. The highest BCUT2D eigenvalue weighted by molar-refractivity contribution is 8.00. The van der Waals surface area contributed by atoms with E-state index in [1.54, 1.807) is 30.3 Å². The molecule has 0 fully saturated rings. The van der Waals surface area contributed by atoms with E-state index in [9.17, 15) is 9.59 Å². The molecule has 0 radical (unpaired) electrons. The Kier molecular flexibility index (Phi) is 6.96. The van der Waals surface area contributed by atoms with Gasteiger partial charge in [-0.05, 0) is 74.5 Å². The van der Waals surface area contributed by atoms with E-state index in [-0.39, 0.29) is 17.1 Å². The minimum absolute atomic E-state index is 0.0888. The molecule has 0 saturated heterocycles. The molecule has 1 unspecified atom stereocenters. The van der Waals surface area contributed by atoms with E-state index in [4.69, 9.17) is 11.6 Å². The molecular weight excluding hydrogens is 404 g/mol. The van der Waals surface area contributed by atoms with Crippen LogP contribution in [-0.4, -0.2) is 17.1 Å². The smallest absolute Gasteiger partial charge is 0.255 e. The standard InChI is InChI=1S/C23H21ClN2O2S/c1-15-4-3-5-17(14-15)23(28)26-20-10-12-21(13-11-20)29-16(2)22(27)25-19-8-6-18(24)7-9-19/h3-14,16H,1-2H3,(H,25,27)(H,26,28). The number of rotatable bonds is 6. The third-order valence-corrected chi connectivity index (χ3v) is 5.55. The molecule has 2 amide bonds. The quantitative estimate of drug-likeness (QED) is 0.475. The largest absolute Gasteiger partial charge is 0.325 e. The summed E-state index contributed by atoms with van der Waals surface area (Å²) in [7, 11) is 0. The van der Waals surface area contributed by atoms with Crippen LogP contribution in [0.25, 0.3) is 0 Å². The van der Waals surface area contributed by atoms with Crippen molar-refractivity contribution in [1.29, 1.82) is 0 Å². The molecule has 0 aliphatic carbocycles.